The smallest absolute Gasteiger partial charge is 0.226 e. The lowest BCUT2D eigenvalue weighted by molar-refractivity contribution is -0.161. The molecule has 4 aliphatic carbocycles. The van der Waals surface area contributed by atoms with Gasteiger partial charge < -0.3 is 10.6 Å². The SMILES string of the molecule is C[C@]12CC3CC(C(=O)NC4CCNC[C@@H]4F)(C1)C[C@@](c1ccccc1)(C3)C2. The van der Waals surface area contributed by atoms with Crippen LogP contribution in [0.3, 0.4) is 0 Å². The minimum absolute atomic E-state index is 0.121. The quantitative estimate of drug-likeness (QED) is 0.851. The summed E-state index contributed by atoms with van der Waals surface area (Å²) >= 11 is 0. The predicted molar refractivity (Wildman–Crippen MR) is 104 cm³/mol. The Morgan fingerprint density at radius 1 is 1.15 bits per heavy atom. The molecular formula is C23H31FN2O. The molecule has 3 nitrogen and oxygen atoms in total. The highest BCUT2D eigenvalue weighted by atomic mass is 19.1. The average Bonchev–Trinajstić information content (AvgIpc) is 2.62. The number of halogens is 1. The van der Waals surface area contributed by atoms with Crippen LogP contribution in [0.25, 0.3) is 0 Å². The molecule has 146 valence electrons. The highest BCUT2D eigenvalue weighted by molar-refractivity contribution is 5.84. The van der Waals surface area contributed by atoms with Crippen LogP contribution in [0.4, 0.5) is 4.39 Å². The van der Waals surface area contributed by atoms with Gasteiger partial charge in [-0.1, -0.05) is 37.3 Å². The number of rotatable bonds is 3. The molecule has 4 saturated carbocycles. The van der Waals surface area contributed by atoms with Crippen molar-refractivity contribution in [3.05, 3.63) is 35.9 Å². The summed E-state index contributed by atoms with van der Waals surface area (Å²) < 4.78 is 14.3. The van der Waals surface area contributed by atoms with Crippen molar-refractivity contribution in [1.29, 1.82) is 0 Å². The van der Waals surface area contributed by atoms with Crippen LogP contribution in [-0.4, -0.2) is 31.2 Å². The normalized spacial score (nSPS) is 45.6. The number of amides is 1. The molecule has 6 atom stereocenters. The van der Waals surface area contributed by atoms with Crippen LogP contribution in [0.5, 0.6) is 0 Å². The van der Waals surface area contributed by atoms with Gasteiger partial charge in [0.05, 0.1) is 11.5 Å². The topological polar surface area (TPSA) is 41.1 Å². The zero-order valence-electron chi connectivity index (χ0n) is 16.3. The number of nitrogens with one attached hydrogen (secondary N) is 2. The zero-order valence-corrected chi connectivity index (χ0v) is 16.3. The van der Waals surface area contributed by atoms with Gasteiger partial charge in [-0.25, -0.2) is 4.39 Å². The molecule has 1 saturated heterocycles. The van der Waals surface area contributed by atoms with E-state index in [2.05, 4.69) is 47.9 Å². The Kier molecular flexibility index (Phi) is 3.95. The molecule has 5 aliphatic rings. The Balaban J connectivity index is 1.46. The van der Waals surface area contributed by atoms with Crippen molar-refractivity contribution in [2.75, 3.05) is 13.1 Å². The number of alkyl halides is 1. The predicted octanol–water partition coefficient (Wildman–Crippen LogP) is 3.73. The number of benzene rings is 1. The molecule has 1 aliphatic heterocycles. The number of carbonyl (C=O) groups excluding carboxylic acids is 1. The lowest BCUT2D eigenvalue weighted by Crippen LogP contribution is -2.63. The highest BCUT2D eigenvalue weighted by Gasteiger charge is 2.64. The number of piperidine rings is 1. The molecule has 1 aromatic rings. The van der Waals surface area contributed by atoms with E-state index in [-0.39, 0.29) is 28.2 Å². The van der Waals surface area contributed by atoms with E-state index in [1.165, 1.54) is 24.8 Å². The zero-order chi connectivity index (χ0) is 18.7. The van der Waals surface area contributed by atoms with E-state index in [4.69, 9.17) is 0 Å². The van der Waals surface area contributed by atoms with E-state index in [0.717, 1.165) is 25.8 Å². The molecule has 1 amide bonds. The molecule has 6 rings (SSSR count). The van der Waals surface area contributed by atoms with Crippen molar-refractivity contribution in [3.63, 3.8) is 0 Å². The first-order chi connectivity index (χ1) is 12.9. The first-order valence-electron chi connectivity index (χ1n) is 10.6. The summed E-state index contributed by atoms with van der Waals surface area (Å²) in [6.45, 7) is 3.53. The molecule has 3 unspecified atom stereocenters. The molecule has 1 heterocycles. The Labute approximate surface area is 161 Å². The Bertz CT molecular complexity index is 739. The fourth-order valence-corrected chi connectivity index (χ4v) is 7.59. The van der Waals surface area contributed by atoms with Crippen LogP contribution in [0.15, 0.2) is 30.3 Å². The highest BCUT2D eigenvalue weighted by Crippen LogP contribution is 2.70. The Morgan fingerprint density at radius 3 is 2.70 bits per heavy atom. The second kappa shape index (κ2) is 6.04. The van der Waals surface area contributed by atoms with E-state index >= 15 is 0 Å². The summed E-state index contributed by atoms with van der Waals surface area (Å²) in [6, 6.07) is 10.5. The Hall–Kier alpha value is -1.42. The first-order valence-corrected chi connectivity index (χ1v) is 10.6. The van der Waals surface area contributed by atoms with Crippen LogP contribution in [-0.2, 0) is 10.2 Å². The molecule has 0 radical (unpaired) electrons. The minimum atomic E-state index is -0.977. The molecule has 0 aromatic heterocycles. The average molecular weight is 371 g/mol. The maximum atomic E-state index is 14.3. The summed E-state index contributed by atoms with van der Waals surface area (Å²) in [5.74, 6) is 0.749. The van der Waals surface area contributed by atoms with Gasteiger partial charge in [0.1, 0.15) is 6.17 Å². The first kappa shape index (κ1) is 17.7. The van der Waals surface area contributed by atoms with Crippen LogP contribution >= 0.6 is 0 Å². The second-order valence-electron chi connectivity index (χ2n) is 10.3. The fourth-order valence-electron chi connectivity index (χ4n) is 7.59. The maximum absolute atomic E-state index is 14.3. The van der Waals surface area contributed by atoms with E-state index in [9.17, 15) is 9.18 Å². The van der Waals surface area contributed by atoms with Gasteiger partial charge in [-0.15, -0.1) is 0 Å². The van der Waals surface area contributed by atoms with Crippen LogP contribution in [0.1, 0.15) is 57.4 Å². The van der Waals surface area contributed by atoms with Crippen LogP contribution < -0.4 is 10.6 Å². The monoisotopic (exact) mass is 370 g/mol. The van der Waals surface area contributed by atoms with E-state index in [0.29, 0.717) is 18.9 Å². The van der Waals surface area contributed by atoms with E-state index in [1.807, 2.05) is 0 Å². The number of hydrogen-bond donors (Lipinski definition) is 2. The molecule has 4 bridgehead atoms. The third-order valence-electron chi connectivity index (χ3n) is 7.94. The number of hydrogen-bond acceptors (Lipinski definition) is 2. The lowest BCUT2D eigenvalue weighted by atomic mass is 9.38. The van der Waals surface area contributed by atoms with Gasteiger partial charge in [-0.05, 0) is 73.8 Å². The second-order valence-corrected chi connectivity index (χ2v) is 10.3. The van der Waals surface area contributed by atoms with E-state index < -0.39 is 6.17 Å². The van der Waals surface area contributed by atoms with Crippen molar-refractivity contribution in [3.8, 4) is 0 Å². The summed E-state index contributed by atoms with van der Waals surface area (Å²) in [4.78, 5) is 13.5. The summed E-state index contributed by atoms with van der Waals surface area (Å²) in [5, 5.41) is 6.24. The molecule has 1 aromatic carbocycles. The summed E-state index contributed by atoms with van der Waals surface area (Å²) in [5.41, 5.74) is 1.45. The van der Waals surface area contributed by atoms with Gasteiger partial charge in [-0.3, -0.25) is 4.79 Å². The fraction of sp³-hybridized carbons (Fsp3) is 0.696. The molecular weight excluding hydrogens is 339 g/mol. The van der Waals surface area contributed by atoms with Gasteiger partial charge in [0, 0.05) is 6.54 Å². The van der Waals surface area contributed by atoms with Gasteiger partial charge in [0.25, 0.3) is 0 Å². The van der Waals surface area contributed by atoms with Gasteiger partial charge in [-0.2, -0.15) is 0 Å². The van der Waals surface area contributed by atoms with Gasteiger partial charge in [0.2, 0.25) is 5.91 Å². The van der Waals surface area contributed by atoms with Crippen molar-refractivity contribution >= 4 is 5.91 Å². The molecule has 5 fully saturated rings. The van der Waals surface area contributed by atoms with Crippen molar-refractivity contribution in [1.82, 2.24) is 10.6 Å². The van der Waals surface area contributed by atoms with Crippen molar-refractivity contribution < 1.29 is 9.18 Å². The Morgan fingerprint density at radius 2 is 1.96 bits per heavy atom. The standard InChI is InChI=1S/C23H31FN2O/c1-21-9-16-10-22(13-21,17-5-3-2-4-6-17)15-23(11-16,14-21)20(27)26-19-7-8-25-12-18(19)24/h2-6,16,18-19,25H,7-15H2,1H3,(H,26,27)/t16?,18-,19?,21+,22+,23?/m0/s1. The van der Waals surface area contributed by atoms with Gasteiger partial charge >= 0.3 is 0 Å². The van der Waals surface area contributed by atoms with E-state index in [1.54, 1.807) is 0 Å². The summed E-state index contributed by atoms with van der Waals surface area (Å²) in [6.07, 6.45) is 6.25. The molecule has 0 spiro atoms. The van der Waals surface area contributed by atoms with Crippen molar-refractivity contribution in [2.24, 2.45) is 16.7 Å². The maximum Gasteiger partial charge on any atom is 0.226 e. The van der Waals surface area contributed by atoms with Crippen LogP contribution in [0.2, 0.25) is 0 Å². The molecule has 27 heavy (non-hydrogen) atoms. The molecule has 4 heteroatoms. The van der Waals surface area contributed by atoms with Crippen LogP contribution in [0, 0.1) is 16.7 Å². The largest absolute Gasteiger partial charge is 0.350 e. The lowest BCUT2D eigenvalue weighted by Gasteiger charge is -2.65. The third-order valence-corrected chi connectivity index (χ3v) is 7.94. The third kappa shape index (κ3) is 2.83. The van der Waals surface area contributed by atoms with Gasteiger partial charge in [0.15, 0.2) is 0 Å². The molecule has 2 N–H and O–H groups in total. The minimum Gasteiger partial charge on any atom is -0.350 e. The summed E-state index contributed by atoms with van der Waals surface area (Å²) in [7, 11) is 0. The van der Waals surface area contributed by atoms with Crippen molar-refractivity contribution in [2.45, 2.75) is 69.5 Å². The number of carbonyl (C=O) groups is 1.